The molecule has 0 amide bonds. The number of hydrogen-bond acceptors (Lipinski definition) is 5. The number of nitrogens with two attached hydrogens (primary N) is 1. The van der Waals surface area contributed by atoms with Crippen LogP contribution in [0.4, 0.5) is 20.4 Å². The van der Waals surface area contributed by atoms with Gasteiger partial charge >= 0.3 is 0 Å². The van der Waals surface area contributed by atoms with E-state index in [1.165, 1.54) is 0 Å². The number of nitrogen functional groups attached to an aromatic ring is 1. The molecule has 0 saturated heterocycles. The highest BCUT2D eigenvalue weighted by atomic mass is 19.1. The number of rotatable bonds is 6. The summed E-state index contributed by atoms with van der Waals surface area (Å²) >= 11 is 0. The second-order valence-corrected chi connectivity index (χ2v) is 4.24. The smallest absolute Gasteiger partial charge is 0.178 e. The molecule has 102 valence electrons. The first-order valence-electron chi connectivity index (χ1n) is 5.57. The molecule has 1 heterocycles. The molecule has 0 aromatic carbocycles. The van der Waals surface area contributed by atoms with Crippen LogP contribution >= 0.6 is 0 Å². The standard InChI is InChI=1S/C11H18F2N4O/c1-6(2)9(5-18-3)15-10-7(12)4-8(13)11(16-10)17-14/h4,6,9H,5,14H2,1-3H3,(H2,15,16,17). The number of pyridine rings is 1. The fraction of sp³-hybridized carbons (Fsp3) is 0.545. The van der Waals surface area contributed by atoms with Crippen molar-refractivity contribution < 1.29 is 13.5 Å². The fourth-order valence-corrected chi connectivity index (χ4v) is 1.42. The predicted molar refractivity (Wildman–Crippen MR) is 66.1 cm³/mol. The second-order valence-electron chi connectivity index (χ2n) is 4.24. The molecule has 1 unspecified atom stereocenters. The summed E-state index contributed by atoms with van der Waals surface area (Å²) in [6.07, 6.45) is 0. The Morgan fingerprint density at radius 1 is 1.33 bits per heavy atom. The zero-order chi connectivity index (χ0) is 13.7. The number of nitrogens with zero attached hydrogens (tertiary/aromatic N) is 1. The summed E-state index contributed by atoms with van der Waals surface area (Å²) in [5.74, 6) is 3.42. The minimum Gasteiger partial charge on any atom is -0.383 e. The van der Waals surface area contributed by atoms with Crippen molar-refractivity contribution in [3.05, 3.63) is 17.7 Å². The number of anilines is 2. The molecule has 0 spiro atoms. The van der Waals surface area contributed by atoms with Gasteiger partial charge in [0.25, 0.3) is 0 Å². The molecule has 0 aliphatic rings. The SMILES string of the molecule is COCC(Nc1nc(NN)c(F)cc1F)C(C)C. The molecule has 0 bridgehead atoms. The van der Waals surface area contributed by atoms with E-state index in [0.29, 0.717) is 6.61 Å². The van der Waals surface area contributed by atoms with Crippen LogP contribution in [0.25, 0.3) is 0 Å². The Morgan fingerprint density at radius 3 is 2.44 bits per heavy atom. The predicted octanol–water partition coefficient (Wildman–Crippen LogP) is 1.73. The van der Waals surface area contributed by atoms with Gasteiger partial charge in [-0.3, -0.25) is 0 Å². The van der Waals surface area contributed by atoms with E-state index in [0.717, 1.165) is 6.07 Å². The average Bonchev–Trinajstić information content (AvgIpc) is 2.31. The summed E-state index contributed by atoms with van der Waals surface area (Å²) in [7, 11) is 1.55. The van der Waals surface area contributed by atoms with E-state index in [2.05, 4.69) is 15.7 Å². The van der Waals surface area contributed by atoms with Gasteiger partial charge < -0.3 is 15.5 Å². The van der Waals surface area contributed by atoms with Crippen LogP contribution in [0.3, 0.4) is 0 Å². The molecule has 0 fully saturated rings. The summed E-state index contributed by atoms with van der Waals surface area (Å²) in [5, 5.41) is 2.88. The van der Waals surface area contributed by atoms with Crippen molar-refractivity contribution in [1.82, 2.24) is 4.98 Å². The maximum Gasteiger partial charge on any atom is 0.178 e. The number of methoxy groups -OCH3 is 1. The first-order chi connectivity index (χ1) is 8.49. The van der Waals surface area contributed by atoms with E-state index in [1.54, 1.807) is 7.11 Å². The van der Waals surface area contributed by atoms with Gasteiger partial charge in [0.15, 0.2) is 23.3 Å². The Bertz CT molecular complexity index is 401. The van der Waals surface area contributed by atoms with Gasteiger partial charge in [0.2, 0.25) is 0 Å². The topological polar surface area (TPSA) is 72.2 Å². The largest absolute Gasteiger partial charge is 0.383 e. The number of nitrogens with one attached hydrogen (secondary N) is 2. The van der Waals surface area contributed by atoms with Gasteiger partial charge in [0.1, 0.15) is 0 Å². The van der Waals surface area contributed by atoms with Crippen molar-refractivity contribution in [1.29, 1.82) is 0 Å². The Morgan fingerprint density at radius 2 is 1.94 bits per heavy atom. The Kier molecular flexibility index (Phi) is 5.24. The van der Waals surface area contributed by atoms with E-state index in [-0.39, 0.29) is 23.6 Å². The zero-order valence-corrected chi connectivity index (χ0v) is 10.6. The Balaban J connectivity index is 2.94. The van der Waals surface area contributed by atoms with Crippen LogP contribution in [-0.4, -0.2) is 24.7 Å². The molecule has 1 aromatic heterocycles. The summed E-state index contributed by atoms with van der Waals surface area (Å²) in [6, 6.07) is 0.599. The third-order valence-corrected chi connectivity index (χ3v) is 2.54. The molecule has 4 N–H and O–H groups in total. The van der Waals surface area contributed by atoms with Gasteiger partial charge in [-0.2, -0.15) is 0 Å². The molecule has 0 aliphatic heterocycles. The van der Waals surface area contributed by atoms with Crippen molar-refractivity contribution in [3.8, 4) is 0 Å². The van der Waals surface area contributed by atoms with Crippen LogP contribution in [0.15, 0.2) is 6.07 Å². The molecule has 5 nitrogen and oxygen atoms in total. The van der Waals surface area contributed by atoms with Crippen molar-refractivity contribution in [2.75, 3.05) is 24.5 Å². The van der Waals surface area contributed by atoms with Crippen LogP contribution in [0.5, 0.6) is 0 Å². The van der Waals surface area contributed by atoms with Gasteiger partial charge in [0.05, 0.1) is 12.6 Å². The van der Waals surface area contributed by atoms with E-state index < -0.39 is 11.6 Å². The maximum atomic E-state index is 13.6. The van der Waals surface area contributed by atoms with E-state index in [9.17, 15) is 8.78 Å². The quantitative estimate of drug-likeness (QED) is 0.536. The summed E-state index contributed by atoms with van der Waals surface area (Å²) in [5.41, 5.74) is 2.07. The summed E-state index contributed by atoms with van der Waals surface area (Å²) < 4.78 is 31.8. The Labute approximate surface area is 105 Å². The van der Waals surface area contributed by atoms with Gasteiger partial charge in [-0.1, -0.05) is 13.8 Å². The molecule has 0 radical (unpaired) electrons. The minimum absolute atomic E-state index is 0.0555. The van der Waals surface area contributed by atoms with E-state index in [1.807, 2.05) is 13.8 Å². The summed E-state index contributed by atoms with van der Waals surface area (Å²) in [4.78, 5) is 3.74. The number of aromatic nitrogens is 1. The second kappa shape index (κ2) is 6.46. The zero-order valence-electron chi connectivity index (χ0n) is 10.6. The average molecular weight is 260 g/mol. The fourth-order valence-electron chi connectivity index (χ4n) is 1.42. The molecular weight excluding hydrogens is 242 g/mol. The first-order valence-corrected chi connectivity index (χ1v) is 5.57. The molecule has 7 heteroatoms. The van der Waals surface area contributed by atoms with Crippen LogP contribution in [0.1, 0.15) is 13.8 Å². The molecular formula is C11H18F2N4O. The lowest BCUT2D eigenvalue weighted by Gasteiger charge is -2.22. The minimum atomic E-state index is -0.839. The monoisotopic (exact) mass is 260 g/mol. The number of halogens is 2. The van der Waals surface area contributed by atoms with Crippen molar-refractivity contribution in [2.24, 2.45) is 11.8 Å². The van der Waals surface area contributed by atoms with Gasteiger partial charge in [-0.25, -0.2) is 19.6 Å². The molecule has 1 aromatic rings. The molecule has 18 heavy (non-hydrogen) atoms. The van der Waals surface area contributed by atoms with Gasteiger partial charge in [0, 0.05) is 13.2 Å². The number of ether oxygens (including phenoxy) is 1. The Hall–Kier alpha value is -1.47. The maximum absolute atomic E-state index is 13.6. The number of hydrogen-bond donors (Lipinski definition) is 3. The molecule has 0 aliphatic carbocycles. The van der Waals surface area contributed by atoms with Crippen molar-refractivity contribution >= 4 is 11.6 Å². The lowest BCUT2D eigenvalue weighted by Crippen LogP contribution is -2.31. The van der Waals surface area contributed by atoms with Crippen molar-refractivity contribution in [2.45, 2.75) is 19.9 Å². The summed E-state index contributed by atoms with van der Waals surface area (Å²) in [6.45, 7) is 4.31. The first kappa shape index (κ1) is 14.6. The van der Waals surface area contributed by atoms with Gasteiger partial charge in [-0.15, -0.1) is 0 Å². The van der Waals surface area contributed by atoms with Crippen molar-refractivity contribution in [3.63, 3.8) is 0 Å². The molecule has 1 atom stereocenters. The molecule has 0 saturated carbocycles. The lowest BCUT2D eigenvalue weighted by molar-refractivity contribution is 0.171. The molecule has 1 rings (SSSR count). The van der Waals surface area contributed by atoms with Gasteiger partial charge in [-0.05, 0) is 5.92 Å². The van der Waals surface area contributed by atoms with E-state index in [4.69, 9.17) is 10.6 Å². The lowest BCUT2D eigenvalue weighted by atomic mass is 10.1. The highest BCUT2D eigenvalue weighted by molar-refractivity contribution is 5.47. The third kappa shape index (κ3) is 3.51. The van der Waals surface area contributed by atoms with Crippen LogP contribution in [0.2, 0.25) is 0 Å². The third-order valence-electron chi connectivity index (χ3n) is 2.54. The van der Waals surface area contributed by atoms with Crippen LogP contribution in [-0.2, 0) is 4.74 Å². The van der Waals surface area contributed by atoms with Crippen LogP contribution in [0, 0.1) is 17.6 Å². The number of hydrazine groups is 1. The normalized spacial score (nSPS) is 12.6. The highest BCUT2D eigenvalue weighted by Gasteiger charge is 2.17. The highest BCUT2D eigenvalue weighted by Crippen LogP contribution is 2.20. The van der Waals surface area contributed by atoms with Crippen LogP contribution < -0.4 is 16.6 Å². The van der Waals surface area contributed by atoms with E-state index >= 15 is 0 Å².